The van der Waals surface area contributed by atoms with Gasteiger partial charge in [-0.25, -0.2) is 8.78 Å². The van der Waals surface area contributed by atoms with Gasteiger partial charge in [-0.05, 0) is 36.6 Å². The number of aliphatic carboxylic acids is 1. The number of carboxylic acid groups (broad SMARTS) is 1. The highest BCUT2D eigenvalue weighted by Gasteiger charge is 2.35. The second kappa shape index (κ2) is 4.20. The second-order valence-electron chi connectivity index (χ2n) is 4.15. The normalized spacial score (nSPS) is 24.6. The van der Waals surface area contributed by atoms with E-state index in [1.54, 1.807) is 0 Å². The molecule has 1 aliphatic rings. The summed E-state index contributed by atoms with van der Waals surface area (Å²) in [6.07, 6.45) is 1.89. The Kier molecular flexibility index (Phi) is 2.90. The van der Waals surface area contributed by atoms with E-state index >= 15 is 0 Å². The topological polar surface area (TPSA) is 37.3 Å². The van der Waals surface area contributed by atoms with Crippen molar-refractivity contribution in [1.82, 2.24) is 0 Å². The smallest absolute Gasteiger partial charge is 0.307 e. The van der Waals surface area contributed by atoms with E-state index in [0.717, 1.165) is 24.6 Å². The molecule has 1 aromatic carbocycles. The van der Waals surface area contributed by atoms with Crippen molar-refractivity contribution in [3.05, 3.63) is 35.4 Å². The molecule has 1 N–H and O–H groups in total. The largest absolute Gasteiger partial charge is 0.481 e. The molecule has 0 spiro atoms. The van der Waals surface area contributed by atoms with Crippen molar-refractivity contribution in [3.63, 3.8) is 0 Å². The first-order chi connectivity index (χ1) is 7.59. The van der Waals surface area contributed by atoms with Crippen molar-refractivity contribution in [2.24, 2.45) is 5.92 Å². The van der Waals surface area contributed by atoms with Gasteiger partial charge in [-0.15, -0.1) is 0 Å². The number of hydrogen-bond donors (Lipinski definition) is 1. The molecule has 0 saturated heterocycles. The molecule has 2 rings (SSSR count). The maximum atomic E-state index is 13.5. The number of carbonyl (C=O) groups is 1. The van der Waals surface area contributed by atoms with E-state index < -0.39 is 29.4 Å². The summed E-state index contributed by atoms with van der Waals surface area (Å²) >= 11 is 0. The van der Waals surface area contributed by atoms with Crippen molar-refractivity contribution in [1.29, 1.82) is 0 Å². The van der Waals surface area contributed by atoms with Gasteiger partial charge in [0.15, 0.2) is 0 Å². The maximum absolute atomic E-state index is 13.5. The van der Waals surface area contributed by atoms with Gasteiger partial charge in [-0.1, -0.05) is 6.42 Å². The standard InChI is InChI=1S/C12H12F2O2/c13-7-4-5-11(14)10(6-7)8-2-1-3-9(8)12(15)16/h4-6,8-9H,1-3H2,(H,15,16). The van der Waals surface area contributed by atoms with Gasteiger partial charge in [0.25, 0.3) is 0 Å². The lowest BCUT2D eigenvalue weighted by molar-refractivity contribution is -0.142. The van der Waals surface area contributed by atoms with E-state index in [1.165, 1.54) is 0 Å². The molecule has 86 valence electrons. The van der Waals surface area contributed by atoms with E-state index in [4.69, 9.17) is 5.11 Å². The van der Waals surface area contributed by atoms with Gasteiger partial charge in [-0.3, -0.25) is 4.79 Å². The third-order valence-corrected chi connectivity index (χ3v) is 3.19. The van der Waals surface area contributed by atoms with Crippen LogP contribution in [-0.2, 0) is 4.79 Å². The Labute approximate surface area is 91.9 Å². The van der Waals surface area contributed by atoms with Crippen molar-refractivity contribution in [2.45, 2.75) is 25.2 Å². The maximum Gasteiger partial charge on any atom is 0.307 e. The predicted octanol–water partition coefficient (Wildman–Crippen LogP) is 2.93. The van der Waals surface area contributed by atoms with Crippen LogP contribution >= 0.6 is 0 Å². The average molecular weight is 226 g/mol. The fourth-order valence-electron chi connectivity index (χ4n) is 2.43. The molecule has 1 aromatic rings. The van der Waals surface area contributed by atoms with Gasteiger partial charge in [-0.2, -0.15) is 0 Å². The first kappa shape index (κ1) is 11.0. The molecular weight excluding hydrogens is 214 g/mol. The van der Waals surface area contributed by atoms with Crippen molar-refractivity contribution < 1.29 is 18.7 Å². The molecule has 16 heavy (non-hydrogen) atoms. The van der Waals surface area contributed by atoms with Crippen LogP contribution in [0.5, 0.6) is 0 Å². The van der Waals surface area contributed by atoms with E-state index in [1.807, 2.05) is 0 Å². The van der Waals surface area contributed by atoms with E-state index in [0.29, 0.717) is 12.8 Å². The number of carboxylic acids is 1. The molecule has 0 bridgehead atoms. The molecule has 0 amide bonds. The molecule has 1 saturated carbocycles. The van der Waals surface area contributed by atoms with Crippen LogP contribution in [0, 0.1) is 17.6 Å². The van der Waals surface area contributed by atoms with Crippen LogP contribution in [0.1, 0.15) is 30.7 Å². The zero-order valence-corrected chi connectivity index (χ0v) is 8.62. The predicted molar refractivity (Wildman–Crippen MR) is 54.1 cm³/mol. The number of benzene rings is 1. The van der Waals surface area contributed by atoms with Gasteiger partial charge in [0.1, 0.15) is 11.6 Å². The highest BCUT2D eigenvalue weighted by molar-refractivity contribution is 5.71. The summed E-state index contributed by atoms with van der Waals surface area (Å²) in [6.45, 7) is 0. The van der Waals surface area contributed by atoms with Gasteiger partial charge < -0.3 is 5.11 Å². The molecule has 2 nitrogen and oxygen atoms in total. The minimum atomic E-state index is -0.925. The van der Waals surface area contributed by atoms with Gasteiger partial charge in [0.05, 0.1) is 5.92 Å². The highest BCUT2D eigenvalue weighted by atomic mass is 19.1. The SMILES string of the molecule is O=C(O)C1CCCC1c1cc(F)ccc1F. The van der Waals surface area contributed by atoms with Crippen LogP contribution in [0.4, 0.5) is 8.78 Å². The number of hydrogen-bond acceptors (Lipinski definition) is 1. The molecule has 0 aliphatic heterocycles. The summed E-state index contributed by atoms with van der Waals surface area (Å²) in [4.78, 5) is 11.0. The molecule has 2 unspecified atom stereocenters. The third-order valence-electron chi connectivity index (χ3n) is 3.19. The monoisotopic (exact) mass is 226 g/mol. The number of rotatable bonds is 2. The Bertz CT molecular complexity index is 417. The Morgan fingerprint density at radius 1 is 1.31 bits per heavy atom. The van der Waals surface area contributed by atoms with Crippen LogP contribution in [0.15, 0.2) is 18.2 Å². The van der Waals surface area contributed by atoms with E-state index in [-0.39, 0.29) is 5.56 Å². The highest BCUT2D eigenvalue weighted by Crippen LogP contribution is 2.40. The average Bonchev–Trinajstić information content (AvgIpc) is 2.70. The molecule has 0 radical (unpaired) electrons. The van der Waals surface area contributed by atoms with Crippen LogP contribution in [-0.4, -0.2) is 11.1 Å². The summed E-state index contributed by atoms with van der Waals surface area (Å²) in [7, 11) is 0. The van der Waals surface area contributed by atoms with Crippen LogP contribution in [0.25, 0.3) is 0 Å². The van der Waals surface area contributed by atoms with E-state index in [2.05, 4.69) is 0 Å². The lowest BCUT2D eigenvalue weighted by atomic mass is 9.88. The quantitative estimate of drug-likeness (QED) is 0.841. The van der Waals surface area contributed by atoms with Gasteiger partial charge >= 0.3 is 5.97 Å². The molecule has 0 heterocycles. The van der Waals surface area contributed by atoms with Crippen LogP contribution in [0.2, 0.25) is 0 Å². The summed E-state index contributed by atoms with van der Waals surface area (Å²) < 4.78 is 26.5. The lowest BCUT2D eigenvalue weighted by Gasteiger charge is -2.16. The fourth-order valence-corrected chi connectivity index (χ4v) is 2.43. The Hall–Kier alpha value is -1.45. The zero-order valence-electron chi connectivity index (χ0n) is 8.62. The third kappa shape index (κ3) is 1.92. The second-order valence-corrected chi connectivity index (χ2v) is 4.15. The Morgan fingerprint density at radius 2 is 2.06 bits per heavy atom. The minimum absolute atomic E-state index is 0.199. The van der Waals surface area contributed by atoms with Gasteiger partial charge in [0, 0.05) is 5.92 Å². The fraction of sp³-hybridized carbons (Fsp3) is 0.417. The number of halogens is 2. The molecule has 1 aliphatic carbocycles. The van der Waals surface area contributed by atoms with Crippen molar-refractivity contribution >= 4 is 5.97 Å². The first-order valence-electron chi connectivity index (χ1n) is 5.27. The van der Waals surface area contributed by atoms with E-state index in [9.17, 15) is 13.6 Å². The zero-order chi connectivity index (χ0) is 11.7. The lowest BCUT2D eigenvalue weighted by Crippen LogP contribution is -2.17. The summed E-state index contributed by atoms with van der Waals surface area (Å²) in [5.74, 6) is -2.94. The molecule has 2 atom stereocenters. The first-order valence-corrected chi connectivity index (χ1v) is 5.27. The molecule has 4 heteroatoms. The van der Waals surface area contributed by atoms with Gasteiger partial charge in [0.2, 0.25) is 0 Å². The minimum Gasteiger partial charge on any atom is -0.481 e. The van der Waals surface area contributed by atoms with Crippen molar-refractivity contribution in [2.75, 3.05) is 0 Å². The molecular formula is C12H12F2O2. The summed E-state index contributed by atoms with van der Waals surface area (Å²) in [5.41, 5.74) is 0.199. The van der Waals surface area contributed by atoms with Crippen LogP contribution < -0.4 is 0 Å². The summed E-state index contributed by atoms with van der Waals surface area (Å²) in [6, 6.07) is 3.21. The Morgan fingerprint density at radius 3 is 2.75 bits per heavy atom. The van der Waals surface area contributed by atoms with Crippen molar-refractivity contribution in [3.8, 4) is 0 Å². The Balaban J connectivity index is 2.35. The molecule has 1 fully saturated rings. The molecule has 0 aromatic heterocycles. The van der Waals surface area contributed by atoms with Crippen LogP contribution in [0.3, 0.4) is 0 Å². The summed E-state index contributed by atoms with van der Waals surface area (Å²) in [5, 5.41) is 8.99.